The van der Waals surface area contributed by atoms with Crippen LogP contribution in [0.4, 0.5) is 4.39 Å². The van der Waals surface area contributed by atoms with Crippen LogP contribution in [-0.4, -0.2) is 22.1 Å². The normalized spacial score (nSPS) is 10.5. The Kier molecular flexibility index (Phi) is 4.19. The van der Waals surface area contributed by atoms with E-state index < -0.39 is 11.8 Å². The summed E-state index contributed by atoms with van der Waals surface area (Å²) in [6, 6.07) is 12.6. The molecule has 0 bridgehead atoms. The van der Waals surface area contributed by atoms with Gasteiger partial charge in [-0.1, -0.05) is 30.3 Å². The van der Waals surface area contributed by atoms with Gasteiger partial charge in [-0.3, -0.25) is 4.98 Å². The molecule has 0 saturated heterocycles. The van der Waals surface area contributed by atoms with Crippen molar-refractivity contribution in [2.45, 2.75) is 6.92 Å². The second kappa shape index (κ2) is 6.44. The van der Waals surface area contributed by atoms with Gasteiger partial charge in [0.1, 0.15) is 0 Å². The molecule has 0 aliphatic heterocycles. The van der Waals surface area contributed by atoms with Gasteiger partial charge in [0, 0.05) is 12.4 Å². The number of carbonyl (C=O) groups excluding carboxylic acids is 1. The molecule has 0 fully saturated rings. The van der Waals surface area contributed by atoms with Crippen LogP contribution < -0.4 is 0 Å². The summed E-state index contributed by atoms with van der Waals surface area (Å²) in [5.41, 5.74) is 2.12. The van der Waals surface area contributed by atoms with Crippen molar-refractivity contribution in [3.05, 3.63) is 72.4 Å². The lowest BCUT2D eigenvalue weighted by molar-refractivity contribution is 0.0527. The van der Waals surface area contributed by atoms with Crippen molar-refractivity contribution in [3.63, 3.8) is 0 Å². The number of rotatable bonds is 4. The Bertz CT molecular complexity index is 828. The summed E-state index contributed by atoms with van der Waals surface area (Å²) >= 11 is 0. The molecular formula is C18H15FN2O2. The fourth-order valence-corrected chi connectivity index (χ4v) is 2.46. The van der Waals surface area contributed by atoms with Gasteiger partial charge >= 0.3 is 5.97 Å². The second-order valence-corrected chi connectivity index (χ2v) is 4.86. The Hall–Kier alpha value is -2.95. The van der Waals surface area contributed by atoms with Crippen LogP contribution >= 0.6 is 0 Å². The highest BCUT2D eigenvalue weighted by atomic mass is 19.1. The molecule has 0 radical (unpaired) electrons. The van der Waals surface area contributed by atoms with Crippen LogP contribution in [0, 0.1) is 5.82 Å². The van der Waals surface area contributed by atoms with Crippen LogP contribution in [0.25, 0.3) is 16.9 Å². The topological polar surface area (TPSA) is 44.1 Å². The molecule has 5 heteroatoms. The van der Waals surface area contributed by atoms with Crippen molar-refractivity contribution in [1.29, 1.82) is 0 Å². The fraction of sp³-hybridized carbons (Fsp3) is 0.111. The number of carbonyl (C=O) groups is 1. The number of esters is 1. The van der Waals surface area contributed by atoms with Crippen molar-refractivity contribution in [1.82, 2.24) is 9.55 Å². The van der Waals surface area contributed by atoms with Crippen LogP contribution in [0.3, 0.4) is 0 Å². The highest BCUT2D eigenvalue weighted by Crippen LogP contribution is 2.29. The molecule has 0 aliphatic carbocycles. The maximum atomic E-state index is 14.1. The minimum Gasteiger partial charge on any atom is -0.462 e. The SMILES string of the molecule is CCOC(=O)c1ccn(-c2ccncc2F)c1-c1ccccc1. The quantitative estimate of drug-likeness (QED) is 0.687. The van der Waals surface area contributed by atoms with Gasteiger partial charge in [-0.05, 0) is 24.6 Å². The maximum absolute atomic E-state index is 14.1. The third-order valence-electron chi connectivity index (χ3n) is 3.44. The first-order chi connectivity index (χ1) is 11.2. The molecular weight excluding hydrogens is 295 g/mol. The van der Waals surface area contributed by atoms with Crippen LogP contribution in [0.5, 0.6) is 0 Å². The van der Waals surface area contributed by atoms with Crippen molar-refractivity contribution >= 4 is 5.97 Å². The largest absolute Gasteiger partial charge is 0.462 e. The molecule has 0 atom stereocenters. The van der Waals surface area contributed by atoms with E-state index in [0.29, 0.717) is 16.9 Å². The Morgan fingerprint density at radius 2 is 2.00 bits per heavy atom. The summed E-state index contributed by atoms with van der Waals surface area (Å²) in [4.78, 5) is 16.0. The Morgan fingerprint density at radius 3 is 2.70 bits per heavy atom. The first-order valence-electron chi connectivity index (χ1n) is 7.26. The predicted octanol–water partition coefficient (Wildman–Crippen LogP) is 3.86. The van der Waals surface area contributed by atoms with Gasteiger partial charge in [0.2, 0.25) is 0 Å². The second-order valence-electron chi connectivity index (χ2n) is 4.86. The van der Waals surface area contributed by atoms with E-state index in [1.165, 1.54) is 6.20 Å². The minimum absolute atomic E-state index is 0.280. The van der Waals surface area contributed by atoms with E-state index in [1.807, 2.05) is 30.3 Å². The van der Waals surface area contributed by atoms with Gasteiger partial charge in [-0.15, -0.1) is 0 Å². The number of hydrogen-bond acceptors (Lipinski definition) is 3. The van der Waals surface area contributed by atoms with Gasteiger partial charge in [0.05, 0.1) is 29.7 Å². The molecule has 0 saturated carbocycles. The monoisotopic (exact) mass is 310 g/mol. The molecule has 0 amide bonds. The standard InChI is InChI=1S/C18H15FN2O2/c1-2-23-18(22)14-9-11-21(16-8-10-20-12-15(16)19)17(14)13-6-4-3-5-7-13/h3-12H,2H2,1H3. The van der Waals surface area contributed by atoms with E-state index in [-0.39, 0.29) is 6.61 Å². The molecule has 2 aromatic heterocycles. The first kappa shape index (κ1) is 15.0. The van der Waals surface area contributed by atoms with E-state index >= 15 is 0 Å². The zero-order valence-electron chi connectivity index (χ0n) is 12.6. The van der Waals surface area contributed by atoms with Gasteiger partial charge in [0.25, 0.3) is 0 Å². The van der Waals surface area contributed by atoms with Crippen LogP contribution in [0.15, 0.2) is 61.1 Å². The van der Waals surface area contributed by atoms with E-state index in [0.717, 1.165) is 11.8 Å². The van der Waals surface area contributed by atoms with Gasteiger partial charge in [-0.25, -0.2) is 9.18 Å². The highest BCUT2D eigenvalue weighted by Gasteiger charge is 2.20. The van der Waals surface area contributed by atoms with E-state index in [9.17, 15) is 9.18 Å². The summed E-state index contributed by atoms with van der Waals surface area (Å²) in [5.74, 6) is -0.893. The van der Waals surface area contributed by atoms with Crippen molar-refractivity contribution < 1.29 is 13.9 Å². The number of ether oxygens (including phenoxy) is 1. The summed E-state index contributed by atoms with van der Waals surface area (Å²) in [5, 5.41) is 0. The lowest BCUT2D eigenvalue weighted by Gasteiger charge is -2.12. The number of hydrogen-bond donors (Lipinski definition) is 0. The Labute approximate surface area is 133 Å². The molecule has 116 valence electrons. The van der Waals surface area contributed by atoms with Crippen molar-refractivity contribution in [2.75, 3.05) is 6.61 Å². The zero-order chi connectivity index (χ0) is 16.2. The van der Waals surface area contributed by atoms with Crippen molar-refractivity contribution in [2.24, 2.45) is 0 Å². The van der Waals surface area contributed by atoms with Crippen molar-refractivity contribution in [3.8, 4) is 16.9 Å². The number of pyridine rings is 1. The first-order valence-corrected chi connectivity index (χ1v) is 7.26. The van der Waals surface area contributed by atoms with Gasteiger partial charge < -0.3 is 9.30 Å². The molecule has 0 spiro atoms. The predicted molar refractivity (Wildman–Crippen MR) is 84.9 cm³/mol. The third-order valence-corrected chi connectivity index (χ3v) is 3.44. The van der Waals surface area contributed by atoms with Gasteiger partial charge in [0.15, 0.2) is 5.82 Å². The number of benzene rings is 1. The number of aromatic nitrogens is 2. The van der Waals surface area contributed by atoms with Crippen LogP contribution in [0.1, 0.15) is 17.3 Å². The highest BCUT2D eigenvalue weighted by molar-refractivity contribution is 5.97. The molecule has 0 N–H and O–H groups in total. The summed E-state index contributed by atoms with van der Waals surface area (Å²) in [6.45, 7) is 2.03. The Balaban J connectivity index is 2.22. The smallest absolute Gasteiger partial charge is 0.340 e. The lowest BCUT2D eigenvalue weighted by Crippen LogP contribution is -2.07. The third kappa shape index (κ3) is 2.85. The molecule has 0 unspecified atom stereocenters. The zero-order valence-corrected chi connectivity index (χ0v) is 12.6. The van der Waals surface area contributed by atoms with Crippen LogP contribution in [-0.2, 0) is 4.74 Å². The molecule has 23 heavy (non-hydrogen) atoms. The molecule has 2 heterocycles. The molecule has 3 rings (SSSR count). The molecule has 4 nitrogen and oxygen atoms in total. The number of halogens is 1. The summed E-state index contributed by atoms with van der Waals surface area (Å²) in [7, 11) is 0. The average molecular weight is 310 g/mol. The molecule has 1 aromatic carbocycles. The lowest BCUT2D eigenvalue weighted by atomic mass is 10.1. The average Bonchev–Trinajstić information content (AvgIpc) is 3.01. The Morgan fingerprint density at radius 1 is 1.22 bits per heavy atom. The molecule has 3 aromatic rings. The summed E-state index contributed by atoms with van der Waals surface area (Å²) < 4.78 is 20.9. The van der Waals surface area contributed by atoms with E-state index in [1.54, 1.807) is 29.8 Å². The van der Waals surface area contributed by atoms with Crippen LogP contribution in [0.2, 0.25) is 0 Å². The fourth-order valence-electron chi connectivity index (χ4n) is 2.46. The number of nitrogens with zero attached hydrogens (tertiary/aromatic N) is 2. The molecule has 0 aliphatic rings. The summed E-state index contributed by atoms with van der Waals surface area (Å²) in [6.07, 6.45) is 4.32. The minimum atomic E-state index is -0.462. The van der Waals surface area contributed by atoms with Gasteiger partial charge in [-0.2, -0.15) is 0 Å². The van der Waals surface area contributed by atoms with E-state index in [2.05, 4.69) is 4.98 Å². The van der Waals surface area contributed by atoms with E-state index in [4.69, 9.17) is 4.74 Å². The maximum Gasteiger partial charge on any atom is 0.340 e.